The fraction of sp³-hybridized carbons (Fsp3) is 0.176. The van der Waals surface area contributed by atoms with Crippen LogP contribution >= 0.6 is 15.9 Å². The largest absolute Gasteiger partial charge is 0.352 e. The number of para-hydroxylation sites is 1. The molecule has 0 unspecified atom stereocenters. The molecule has 0 radical (unpaired) electrons. The van der Waals surface area contributed by atoms with Gasteiger partial charge in [0.25, 0.3) is 17.5 Å². The van der Waals surface area contributed by atoms with E-state index < -0.39 is 10.8 Å². The van der Waals surface area contributed by atoms with Gasteiger partial charge in [0.05, 0.1) is 20.6 Å². The van der Waals surface area contributed by atoms with Gasteiger partial charge in [-0.1, -0.05) is 19.1 Å². The van der Waals surface area contributed by atoms with E-state index in [1.54, 1.807) is 24.3 Å². The van der Waals surface area contributed by atoms with Gasteiger partial charge in [-0.05, 0) is 46.6 Å². The van der Waals surface area contributed by atoms with Gasteiger partial charge in [0.1, 0.15) is 0 Å². The normalized spacial score (nSPS) is 10.2. The fourth-order valence-electron chi connectivity index (χ4n) is 2.11. The van der Waals surface area contributed by atoms with Crippen molar-refractivity contribution in [2.75, 3.05) is 11.9 Å². The molecule has 0 saturated carbocycles. The van der Waals surface area contributed by atoms with Crippen LogP contribution in [0.25, 0.3) is 0 Å². The highest BCUT2D eigenvalue weighted by Gasteiger charge is 2.18. The number of nitrogens with one attached hydrogen (secondary N) is 2. The van der Waals surface area contributed by atoms with Crippen LogP contribution in [-0.4, -0.2) is 23.3 Å². The van der Waals surface area contributed by atoms with Crippen molar-refractivity contribution < 1.29 is 14.5 Å². The monoisotopic (exact) mass is 405 g/mol. The van der Waals surface area contributed by atoms with Crippen LogP contribution in [0.1, 0.15) is 34.1 Å². The molecule has 2 aromatic carbocycles. The van der Waals surface area contributed by atoms with E-state index in [4.69, 9.17) is 0 Å². The minimum absolute atomic E-state index is 0.124. The summed E-state index contributed by atoms with van der Waals surface area (Å²) in [5.74, 6) is -0.828. The van der Waals surface area contributed by atoms with Crippen molar-refractivity contribution in [2.45, 2.75) is 13.3 Å². The van der Waals surface area contributed by atoms with Gasteiger partial charge in [-0.15, -0.1) is 0 Å². The fourth-order valence-corrected chi connectivity index (χ4v) is 2.50. The molecule has 130 valence electrons. The maximum Gasteiger partial charge on any atom is 0.284 e. The molecule has 2 aromatic rings. The van der Waals surface area contributed by atoms with Gasteiger partial charge in [0, 0.05) is 18.2 Å². The molecule has 2 rings (SSSR count). The van der Waals surface area contributed by atoms with Crippen molar-refractivity contribution in [3.05, 3.63) is 68.2 Å². The van der Waals surface area contributed by atoms with Crippen LogP contribution in [0.4, 0.5) is 11.4 Å². The highest BCUT2D eigenvalue weighted by Crippen LogP contribution is 2.26. The summed E-state index contributed by atoms with van der Waals surface area (Å²) in [7, 11) is 0. The lowest BCUT2D eigenvalue weighted by Gasteiger charge is -2.11. The quantitative estimate of drug-likeness (QED) is 0.564. The van der Waals surface area contributed by atoms with Gasteiger partial charge in [-0.2, -0.15) is 0 Å². The Morgan fingerprint density at radius 2 is 1.88 bits per heavy atom. The lowest BCUT2D eigenvalue weighted by molar-refractivity contribution is -0.385. The maximum absolute atomic E-state index is 12.4. The second-order valence-electron chi connectivity index (χ2n) is 5.18. The summed E-state index contributed by atoms with van der Waals surface area (Å²) < 4.78 is 0.286. The average molecular weight is 406 g/mol. The molecule has 8 heteroatoms. The van der Waals surface area contributed by atoms with Crippen LogP contribution in [0.3, 0.4) is 0 Å². The molecule has 0 saturated heterocycles. The predicted octanol–water partition coefficient (Wildman–Crippen LogP) is 3.75. The summed E-state index contributed by atoms with van der Waals surface area (Å²) in [6.07, 6.45) is 0.794. The Bertz CT molecular complexity index is 823. The van der Waals surface area contributed by atoms with Gasteiger partial charge in [-0.25, -0.2) is 0 Å². The first-order valence-corrected chi connectivity index (χ1v) is 8.36. The van der Waals surface area contributed by atoms with E-state index in [0.717, 1.165) is 6.42 Å². The zero-order valence-electron chi connectivity index (χ0n) is 13.4. The number of nitro groups is 1. The maximum atomic E-state index is 12.4. The van der Waals surface area contributed by atoms with E-state index in [2.05, 4.69) is 26.6 Å². The number of hydrogen-bond donors (Lipinski definition) is 2. The first-order chi connectivity index (χ1) is 11.9. The molecule has 0 aliphatic rings. The summed E-state index contributed by atoms with van der Waals surface area (Å²) in [6, 6.07) is 10.7. The molecule has 0 atom stereocenters. The third kappa shape index (κ3) is 4.63. The van der Waals surface area contributed by atoms with E-state index in [1.807, 2.05) is 6.92 Å². The molecule has 2 N–H and O–H groups in total. The molecule has 0 fully saturated rings. The number of rotatable bonds is 6. The highest BCUT2D eigenvalue weighted by atomic mass is 79.9. The van der Waals surface area contributed by atoms with Crippen LogP contribution < -0.4 is 10.6 Å². The summed E-state index contributed by atoms with van der Waals surface area (Å²) in [5, 5.41) is 16.4. The van der Waals surface area contributed by atoms with Crippen molar-refractivity contribution in [1.29, 1.82) is 0 Å². The van der Waals surface area contributed by atoms with Crippen molar-refractivity contribution in [1.82, 2.24) is 5.32 Å². The first kappa shape index (κ1) is 18.6. The molecule has 0 spiro atoms. The van der Waals surface area contributed by atoms with E-state index in [1.165, 1.54) is 18.2 Å². The number of anilines is 1. The SMILES string of the molecule is CCCNC(=O)c1ccccc1NC(=O)c1ccc(Br)c([N+](=O)[O-])c1. The number of hydrogen-bond acceptors (Lipinski definition) is 4. The van der Waals surface area contributed by atoms with Crippen LogP contribution in [0.2, 0.25) is 0 Å². The van der Waals surface area contributed by atoms with Crippen LogP contribution in [0.5, 0.6) is 0 Å². The topological polar surface area (TPSA) is 101 Å². The number of amides is 2. The van der Waals surface area contributed by atoms with Crippen LogP contribution in [0, 0.1) is 10.1 Å². The molecule has 0 aromatic heterocycles. The Morgan fingerprint density at radius 3 is 2.56 bits per heavy atom. The van der Waals surface area contributed by atoms with E-state index in [0.29, 0.717) is 17.8 Å². The van der Waals surface area contributed by atoms with Crippen molar-refractivity contribution in [2.24, 2.45) is 0 Å². The van der Waals surface area contributed by atoms with E-state index in [-0.39, 0.29) is 21.6 Å². The molecule has 2 amide bonds. The first-order valence-electron chi connectivity index (χ1n) is 7.56. The van der Waals surface area contributed by atoms with Crippen molar-refractivity contribution >= 4 is 39.1 Å². The third-order valence-corrected chi connectivity index (χ3v) is 4.03. The van der Waals surface area contributed by atoms with Crippen LogP contribution in [-0.2, 0) is 0 Å². The van der Waals surface area contributed by atoms with Gasteiger partial charge in [0.2, 0.25) is 0 Å². The number of benzene rings is 2. The van der Waals surface area contributed by atoms with E-state index in [9.17, 15) is 19.7 Å². The molecule has 0 bridgehead atoms. The number of carbonyl (C=O) groups excluding carboxylic acids is 2. The van der Waals surface area contributed by atoms with Gasteiger partial charge < -0.3 is 10.6 Å². The Labute approximate surface area is 152 Å². The second kappa shape index (κ2) is 8.39. The lowest BCUT2D eigenvalue weighted by Crippen LogP contribution is -2.25. The molecule has 0 aliphatic carbocycles. The molecule has 7 nitrogen and oxygen atoms in total. The summed E-state index contributed by atoms with van der Waals surface area (Å²) in [4.78, 5) is 35.0. The number of nitro benzene ring substituents is 1. The summed E-state index contributed by atoms with van der Waals surface area (Å²) in [5.41, 5.74) is 0.586. The summed E-state index contributed by atoms with van der Waals surface area (Å²) >= 11 is 3.08. The Hall–Kier alpha value is -2.74. The van der Waals surface area contributed by atoms with Crippen molar-refractivity contribution in [3.63, 3.8) is 0 Å². The van der Waals surface area contributed by atoms with Gasteiger partial charge in [-0.3, -0.25) is 19.7 Å². The molecule has 0 heterocycles. The Balaban J connectivity index is 2.25. The Morgan fingerprint density at radius 1 is 1.16 bits per heavy atom. The number of carbonyl (C=O) groups is 2. The highest BCUT2D eigenvalue weighted by molar-refractivity contribution is 9.10. The molecular formula is C17H16BrN3O4. The van der Waals surface area contributed by atoms with Crippen molar-refractivity contribution in [3.8, 4) is 0 Å². The smallest absolute Gasteiger partial charge is 0.284 e. The minimum atomic E-state index is -0.576. The molecule has 0 aliphatic heterocycles. The second-order valence-corrected chi connectivity index (χ2v) is 6.03. The van der Waals surface area contributed by atoms with E-state index >= 15 is 0 Å². The average Bonchev–Trinajstić information content (AvgIpc) is 2.60. The number of nitrogens with zero attached hydrogens (tertiary/aromatic N) is 1. The zero-order valence-corrected chi connectivity index (χ0v) is 15.0. The van der Waals surface area contributed by atoms with Gasteiger partial charge in [0.15, 0.2) is 0 Å². The minimum Gasteiger partial charge on any atom is -0.352 e. The Kier molecular flexibility index (Phi) is 6.24. The lowest BCUT2D eigenvalue weighted by atomic mass is 10.1. The molecule has 25 heavy (non-hydrogen) atoms. The van der Waals surface area contributed by atoms with Crippen LogP contribution in [0.15, 0.2) is 46.9 Å². The third-order valence-electron chi connectivity index (χ3n) is 3.36. The summed E-state index contributed by atoms with van der Waals surface area (Å²) in [6.45, 7) is 2.47. The predicted molar refractivity (Wildman–Crippen MR) is 97.8 cm³/mol. The standard InChI is InChI=1S/C17H16BrN3O4/c1-2-9-19-17(23)12-5-3-4-6-14(12)20-16(22)11-7-8-13(18)15(10-11)21(24)25/h3-8,10H,2,9H2,1H3,(H,19,23)(H,20,22). The number of halogens is 1. The molecular weight excluding hydrogens is 390 g/mol. The van der Waals surface area contributed by atoms with Gasteiger partial charge >= 0.3 is 0 Å². The zero-order chi connectivity index (χ0) is 18.4.